The van der Waals surface area contributed by atoms with E-state index in [1.807, 2.05) is 24.3 Å². The molecular formula is C20H22N4. The number of rotatable bonds is 5. The summed E-state index contributed by atoms with van der Waals surface area (Å²) in [6.45, 7) is 0. The lowest BCUT2D eigenvalue weighted by molar-refractivity contribution is 0.739. The lowest BCUT2D eigenvalue weighted by Gasteiger charge is -2.02. The standard InChI is InChI=1S/C20H22N4/c21-15-5-7-19-17(9-15)13(11-23-19)3-1-2-4-14-12-24-20-8-6-16(22)10-18(14)20/h5-12,23-24H,1-4,21-22H2. The summed E-state index contributed by atoms with van der Waals surface area (Å²) in [5, 5.41) is 2.49. The zero-order valence-corrected chi connectivity index (χ0v) is 13.6. The van der Waals surface area contributed by atoms with E-state index in [0.717, 1.165) is 48.1 Å². The van der Waals surface area contributed by atoms with E-state index in [1.54, 1.807) is 0 Å². The van der Waals surface area contributed by atoms with Crippen molar-refractivity contribution in [3.8, 4) is 0 Å². The first-order valence-electron chi connectivity index (χ1n) is 8.42. The number of hydrogen-bond acceptors (Lipinski definition) is 2. The van der Waals surface area contributed by atoms with Crippen LogP contribution in [0.3, 0.4) is 0 Å². The van der Waals surface area contributed by atoms with Gasteiger partial charge in [-0.15, -0.1) is 0 Å². The number of aromatic amines is 2. The third-order valence-electron chi connectivity index (χ3n) is 4.73. The Morgan fingerprint density at radius 2 is 1.12 bits per heavy atom. The Labute approximate surface area is 140 Å². The van der Waals surface area contributed by atoms with Crippen LogP contribution >= 0.6 is 0 Å². The third-order valence-corrected chi connectivity index (χ3v) is 4.73. The Morgan fingerprint density at radius 3 is 1.58 bits per heavy atom. The molecule has 4 nitrogen and oxygen atoms in total. The summed E-state index contributed by atoms with van der Waals surface area (Å²) in [5.74, 6) is 0. The normalized spacial score (nSPS) is 11.5. The molecule has 2 aromatic heterocycles. The highest BCUT2D eigenvalue weighted by Crippen LogP contribution is 2.24. The lowest BCUT2D eigenvalue weighted by atomic mass is 10.0. The van der Waals surface area contributed by atoms with Gasteiger partial charge in [0.15, 0.2) is 0 Å². The number of unbranched alkanes of at least 4 members (excludes halogenated alkanes) is 1. The van der Waals surface area contributed by atoms with Crippen LogP contribution in [0.15, 0.2) is 48.8 Å². The van der Waals surface area contributed by atoms with Gasteiger partial charge in [-0.3, -0.25) is 0 Å². The first kappa shape index (κ1) is 14.7. The van der Waals surface area contributed by atoms with Crippen molar-refractivity contribution >= 4 is 33.2 Å². The summed E-state index contributed by atoms with van der Waals surface area (Å²) in [4.78, 5) is 6.65. The number of aromatic nitrogens is 2. The van der Waals surface area contributed by atoms with Crippen LogP contribution in [0, 0.1) is 0 Å². The van der Waals surface area contributed by atoms with E-state index in [9.17, 15) is 0 Å². The summed E-state index contributed by atoms with van der Waals surface area (Å²) in [6.07, 6.45) is 8.64. The van der Waals surface area contributed by atoms with Crippen LogP contribution in [0.4, 0.5) is 11.4 Å². The van der Waals surface area contributed by atoms with Crippen molar-refractivity contribution in [2.75, 3.05) is 11.5 Å². The molecule has 0 radical (unpaired) electrons. The smallest absolute Gasteiger partial charge is 0.0458 e. The summed E-state index contributed by atoms with van der Waals surface area (Å²) in [6, 6.07) is 12.1. The maximum Gasteiger partial charge on any atom is 0.0458 e. The zero-order chi connectivity index (χ0) is 16.5. The molecule has 0 aliphatic rings. The molecular weight excluding hydrogens is 296 g/mol. The average molecular weight is 318 g/mol. The van der Waals surface area contributed by atoms with Crippen molar-refractivity contribution in [1.29, 1.82) is 0 Å². The van der Waals surface area contributed by atoms with Gasteiger partial charge in [0, 0.05) is 45.6 Å². The fraction of sp³-hybridized carbons (Fsp3) is 0.200. The SMILES string of the molecule is Nc1ccc2[nH]cc(CCCCc3c[nH]c4ccc(N)cc34)c2c1. The molecule has 0 saturated heterocycles. The Kier molecular flexibility index (Phi) is 3.65. The number of fused-ring (bicyclic) bond motifs is 2. The highest BCUT2D eigenvalue weighted by atomic mass is 14.7. The quantitative estimate of drug-likeness (QED) is 0.325. The van der Waals surface area contributed by atoms with Gasteiger partial charge in [0.1, 0.15) is 0 Å². The minimum absolute atomic E-state index is 0.819. The molecule has 6 N–H and O–H groups in total. The van der Waals surface area contributed by atoms with Gasteiger partial charge in [-0.05, 0) is 73.2 Å². The number of H-pyrrole nitrogens is 2. The molecule has 0 amide bonds. The fourth-order valence-corrected chi connectivity index (χ4v) is 3.44. The summed E-state index contributed by atoms with van der Waals surface area (Å²) in [7, 11) is 0. The van der Waals surface area contributed by atoms with Crippen molar-refractivity contribution in [1.82, 2.24) is 9.97 Å². The van der Waals surface area contributed by atoms with E-state index in [-0.39, 0.29) is 0 Å². The molecule has 24 heavy (non-hydrogen) atoms. The fourth-order valence-electron chi connectivity index (χ4n) is 3.44. The molecule has 0 fully saturated rings. The predicted molar refractivity (Wildman–Crippen MR) is 102 cm³/mol. The van der Waals surface area contributed by atoms with Crippen molar-refractivity contribution in [2.45, 2.75) is 25.7 Å². The number of benzene rings is 2. The van der Waals surface area contributed by atoms with E-state index in [1.165, 1.54) is 21.9 Å². The van der Waals surface area contributed by atoms with Gasteiger partial charge in [-0.2, -0.15) is 0 Å². The van der Waals surface area contributed by atoms with Crippen molar-refractivity contribution < 1.29 is 0 Å². The highest BCUT2D eigenvalue weighted by Gasteiger charge is 2.06. The van der Waals surface area contributed by atoms with E-state index in [0.29, 0.717) is 0 Å². The van der Waals surface area contributed by atoms with Crippen LogP contribution in [0.5, 0.6) is 0 Å². The monoisotopic (exact) mass is 318 g/mol. The van der Waals surface area contributed by atoms with Crippen LogP contribution < -0.4 is 11.5 Å². The van der Waals surface area contributed by atoms with Crippen molar-refractivity contribution in [3.05, 3.63) is 59.9 Å². The predicted octanol–water partition coefficient (Wildman–Crippen LogP) is 4.38. The number of nitrogens with one attached hydrogen (secondary N) is 2. The average Bonchev–Trinajstić information content (AvgIpc) is 3.15. The van der Waals surface area contributed by atoms with Gasteiger partial charge in [0.25, 0.3) is 0 Å². The lowest BCUT2D eigenvalue weighted by Crippen LogP contribution is -1.89. The maximum atomic E-state index is 5.91. The summed E-state index contributed by atoms with van der Waals surface area (Å²) >= 11 is 0. The molecule has 0 unspecified atom stereocenters. The van der Waals surface area contributed by atoms with E-state index >= 15 is 0 Å². The molecule has 0 aliphatic heterocycles. The van der Waals surface area contributed by atoms with E-state index < -0.39 is 0 Å². The minimum atomic E-state index is 0.819. The molecule has 2 aromatic carbocycles. The highest BCUT2D eigenvalue weighted by molar-refractivity contribution is 5.86. The molecule has 4 rings (SSSR count). The second kappa shape index (κ2) is 5.96. The molecule has 4 aromatic rings. The molecule has 0 aliphatic carbocycles. The van der Waals surface area contributed by atoms with Crippen LogP contribution in [-0.4, -0.2) is 9.97 Å². The van der Waals surface area contributed by atoms with Gasteiger partial charge in [0.2, 0.25) is 0 Å². The minimum Gasteiger partial charge on any atom is -0.399 e. The van der Waals surface area contributed by atoms with Gasteiger partial charge in [0.05, 0.1) is 0 Å². The third kappa shape index (κ3) is 2.71. The number of hydrogen-bond donors (Lipinski definition) is 4. The Bertz CT molecular complexity index is 911. The summed E-state index contributed by atoms with van der Waals surface area (Å²) < 4.78 is 0. The zero-order valence-electron chi connectivity index (χ0n) is 13.6. The van der Waals surface area contributed by atoms with Crippen LogP contribution in [0.1, 0.15) is 24.0 Å². The van der Waals surface area contributed by atoms with Gasteiger partial charge >= 0.3 is 0 Å². The largest absolute Gasteiger partial charge is 0.399 e. The summed E-state index contributed by atoms with van der Waals surface area (Å²) in [5.41, 5.74) is 18.5. The first-order chi connectivity index (χ1) is 11.7. The van der Waals surface area contributed by atoms with Crippen LogP contribution in [0.25, 0.3) is 21.8 Å². The molecule has 2 heterocycles. The second-order valence-electron chi connectivity index (χ2n) is 6.44. The van der Waals surface area contributed by atoms with Gasteiger partial charge < -0.3 is 21.4 Å². The Balaban J connectivity index is 1.42. The van der Waals surface area contributed by atoms with Gasteiger partial charge in [-0.25, -0.2) is 0 Å². The molecule has 4 heteroatoms. The Morgan fingerprint density at radius 1 is 0.667 bits per heavy atom. The van der Waals surface area contributed by atoms with Crippen LogP contribution in [-0.2, 0) is 12.8 Å². The Hall–Kier alpha value is -2.88. The molecule has 0 atom stereocenters. The first-order valence-corrected chi connectivity index (χ1v) is 8.42. The topological polar surface area (TPSA) is 83.6 Å². The second-order valence-corrected chi connectivity index (χ2v) is 6.44. The molecule has 0 bridgehead atoms. The molecule has 0 saturated carbocycles. The molecule has 122 valence electrons. The van der Waals surface area contributed by atoms with E-state index in [2.05, 4.69) is 34.5 Å². The van der Waals surface area contributed by atoms with Gasteiger partial charge in [-0.1, -0.05) is 0 Å². The number of anilines is 2. The van der Waals surface area contributed by atoms with Crippen molar-refractivity contribution in [2.24, 2.45) is 0 Å². The molecule has 0 spiro atoms. The number of nitrogen functional groups attached to an aromatic ring is 2. The van der Waals surface area contributed by atoms with E-state index in [4.69, 9.17) is 11.5 Å². The number of aryl methyl sites for hydroxylation is 2. The number of nitrogens with two attached hydrogens (primary N) is 2. The van der Waals surface area contributed by atoms with Crippen molar-refractivity contribution in [3.63, 3.8) is 0 Å². The maximum absolute atomic E-state index is 5.91. The van der Waals surface area contributed by atoms with Crippen LogP contribution in [0.2, 0.25) is 0 Å².